The molecule has 0 saturated carbocycles. The predicted molar refractivity (Wildman–Crippen MR) is 92.3 cm³/mol. The van der Waals surface area contributed by atoms with E-state index in [1.165, 1.54) is 11.4 Å². The molecule has 0 aliphatic heterocycles. The maximum atomic E-state index is 6.10. The van der Waals surface area contributed by atoms with Crippen molar-refractivity contribution in [1.82, 2.24) is 0 Å². The van der Waals surface area contributed by atoms with Crippen molar-refractivity contribution >= 4 is 63.8 Å². The Hall–Kier alpha value is 1.59. The van der Waals surface area contributed by atoms with E-state index in [2.05, 4.69) is 0 Å². The van der Waals surface area contributed by atoms with Gasteiger partial charge in [0, 0.05) is 9.92 Å². The van der Waals surface area contributed by atoms with Crippen LogP contribution in [0.15, 0.2) is 23.1 Å². The molecule has 0 spiro atoms. The standard InChI is InChI=1S/C11H15Cl2O2PS3.Cu/c1-3-14-16(17,15-4-2)19-8-18-11-7-9(12)5-6-10(11)13;/h5-7H,3-4,8H2,1-2H3;/q;+1. The van der Waals surface area contributed by atoms with Crippen LogP contribution in [0.5, 0.6) is 0 Å². The molecule has 0 aliphatic rings. The summed E-state index contributed by atoms with van der Waals surface area (Å²) in [5, 5.41) is 2.08. The minimum Gasteiger partial charge on any atom is -0.322 e. The van der Waals surface area contributed by atoms with E-state index in [1.54, 1.807) is 23.9 Å². The molecule has 0 aliphatic carbocycles. The van der Waals surface area contributed by atoms with Crippen LogP contribution in [-0.2, 0) is 37.9 Å². The van der Waals surface area contributed by atoms with E-state index in [9.17, 15) is 0 Å². The first-order chi connectivity index (χ1) is 9.00. The van der Waals surface area contributed by atoms with Gasteiger partial charge in [0.05, 0.1) is 23.3 Å². The van der Waals surface area contributed by atoms with Crippen LogP contribution in [0.25, 0.3) is 0 Å². The van der Waals surface area contributed by atoms with Gasteiger partial charge in [0.15, 0.2) is 0 Å². The summed E-state index contributed by atoms with van der Waals surface area (Å²) >= 11 is 20.6. The molecule has 9 heteroatoms. The first-order valence-corrected chi connectivity index (χ1v) is 11.6. The van der Waals surface area contributed by atoms with Crippen LogP contribution in [0.2, 0.25) is 10.0 Å². The van der Waals surface area contributed by atoms with Crippen LogP contribution >= 0.6 is 52.0 Å². The second kappa shape index (κ2) is 11.2. The third kappa shape index (κ3) is 7.73. The molecule has 0 heterocycles. The number of hydrogen-bond acceptors (Lipinski definition) is 5. The van der Waals surface area contributed by atoms with Gasteiger partial charge in [0.1, 0.15) is 0 Å². The van der Waals surface area contributed by atoms with Gasteiger partial charge in [0.2, 0.25) is 5.69 Å². The molecule has 20 heavy (non-hydrogen) atoms. The van der Waals surface area contributed by atoms with E-state index in [4.69, 9.17) is 44.1 Å². The third-order valence-electron chi connectivity index (χ3n) is 1.89. The summed E-state index contributed by atoms with van der Waals surface area (Å²) in [7, 11) is 0. The van der Waals surface area contributed by atoms with E-state index >= 15 is 0 Å². The van der Waals surface area contributed by atoms with Gasteiger partial charge in [-0.25, -0.2) is 0 Å². The largest absolute Gasteiger partial charge is 1.00 e. The van der Waals surface area contributed by atoms with Crippen LogP contribution in [-0.4, -0.2) is 18.3 Å². The van der Waals surface area contributed by atoms with Crippen molar-refractivity contribution in [2.45, 2.75) is 18.7 Å². The van der Waals surface area contributed by atoms with Crippen molar-refractivity contribution in [3.8, 4) is 0 Å². The summed E-state index contributed by atoms with van der Waals surface area (Å²) in [4.78, 5) is 0.941. The van der Waals surface area contributed by atoms with Crippen molar-refractivity contribution in [2.75, 3.05) is 18.3 Å². The maximum Gasteiger partial charge on any atom is 1.00 e. The third-order valence-corrected chi connectivity index (χ3v) is 9.69. The second-order valence-electron chi connectivity index (χ2n) is 3.25. The van der Waals surface area contributed by atoms with Gasteiger partial charge in [-0.3, -0.25) is 0 Å². The van der Waals surface area contributed by atoms with Gasteiger partial charge in [-0.2, -0.15) is 0 Å². The Morgan fingerprint density at radius 2 is 1.80 bits per heavy atom. The zero-order chi connectivity index (χ0) is 14.3. The van der Waals surface area contributed by atoms with Gasteiger partial charge in [-0.1, -0.05) is 34.6 Å². The Morgan fingerprint density at radius 3 is 2.35 bits per heavy atom. The van der Waals surface area contributed by atoms with Crippen LogP contribution in [0.1, 0.15) is 13.8 Å². The minimum absolute atomic E-state index is 0. The maximum absolute atomic E-state index is 6.10. The fourth-order valence-corrected chi connectivity index (χ4v) is 8.71. The fourth-order valence-electron chi connectivity index (χ4n) is 1.17. The summed E-state index contributed by atoms with van der Waals surface area (Å²) in [5.41, 5.74) is -2.23. The number of benzene rings is 1. The van der Waals surface area contributed by atoms with Crippen molar-refractivity contribution in [3.05, 3.63) is 28.2 Å². The molecular weight excluding hydrogens is 426 g/mol. The topological polar surface area (TPSA) is 18.5 Å². The van der Waals surface area contributed by atoms with Gasteiger partial charge >= 0.3 is 17.1 Å². The average Bonchev–Trinajstić information content (AvgIpc) is 2.34. The molecule has 0 bridgehead atoms. The smallest absolute Gasteiger partial charge is 0.322 e. The summed E-state index contributed by atoms with van der Waals surface area (Å²) < 4.78 is 11.1. The van der Waals surface area contributed by atoms with Gasteiger partial charge < -0.3 is 9.05 Å². The van der Waals surface area contributed by atoms with Crippen LogP contribution in [0, 0.1) is 0 Å². The zero-order valence-electron chi connectivity index (χ0n) is 10.9. The molecule has 1 aromatic carbocycles. The summed E-state index contributed by atoms with van der Waals surface area (Å²) in [6, 6.07) is 5.41. The number of rotatable bonds is 8. The number of hydrogen-bond donors (Lipinski definition) is 0. The molecule has 0 fully saturated rings. The molecule has 0 unspecified atom stereocenters. The van der Waals surface area contributed by atoms with Crippen LogP contribution in [0.4, 0.5) is 0 Å². The Bertz CT molecular complexity index is 455. The fraction of sp³-hybridized carbons (Fsp3) is 0.455. The van der Waals surface area contributed by atoms with E-state index < -0.39 is 5.69 Å². The van der Waals surface area contributed by atoms with Gasteiger partial charge in [-0.05, 0) is 43.9 Å². The van der Waals surface area contributed by atoms with Gasteiger partial charge in [0.25, 0.3) is 0 Å². The summed E-state index contributed by atoms with van der Waals surface area (Å²) in [6.45, 7) is 4.96. The molecule has 0 saturated heterocycles. The molecule has 1 rings (SSSR count). The Morgan fingerprint density at radius 1 is 1.20 bits per heavy atom. The second-order valence-corrected chi connectivity index (χ2v) is 11.8. The molecule has 0 radical (unpaired) electrons. The molecular formula is C11H15Cl2CuO2PS3+. The van der Waals surface area contributed by atoms with E-state index in [-0.39, 0.29) is 17.1 Å². The Labute approximate surface area is 154 Å². The van der Waals surface area contributed by atoms with E-state index in [0.717, 1.165) is 9.98 Å². The van der Waals surface area contributed by atoms with E-state index in [1.807, 2.05) is 19.9 Å². The van der Waals surface area contributed by atoms with Crippen molar-refractivity contribution in [2.24, 2.45) is 0 Å². The van der Waals surface area contributed by atoms with E-state index in [0.29, 0.717) is 23.3 Å². The molecule has 0 amide bonds. The average molecular weight is 441 g/mol. The molecule has 0 atom stereocenters. The van der Waals surface area contributed by atoms with Crippen molar-refractivity contribution in [3.63, 3.8) is 0 Å². The number of thioether (sulfide) groups is 1. The SMILES string of the molecule is CCOP(=S)(OCC)SCSc1cc(Cl)ccc1Cl.[Cu+]. The first kappa shape index (κ1) is 21.6. The van der Waals surface area contributed by atoms with Crippen molar-refractivity contribution < 1.29 is 26.1 Å². The summed E-state index contributed by atoms with van der Waals surface area (Å²) in [5.74, 6) is 0. The Balaban J connectivity index is 0.00000361. The zero-order valence-corrected chi connectivity index (χ0v) is 16.7. The monoisotopic (exact) mass is 439 g/mol. The predicted octanol–water partition coefficient (Wildman–Crippen LogP) is 6.07. The summed E-state index contributed by atoms with van der Waals surface area (Å²) in [6.07, 6.45) is 0. The van der Waals surface area contributed by atoms with Gasteiger partial charge in [-0.15, -0.1) is 11.8 Å². The quantitative estimate of drug-likeness (QED) is 0.211. The minimum atomic E-state index is -2.23. The molecule has 118 valence electrons. The normalized spacial score (nSPS) is 11.2. The molecule has 2 nitrogen and oxygen atoms in total. The molecule has 1 aromatic rings. The van der Waals surface area contributed by atoms with Crippen LogP contribution < -0.4 is 0 Å². The molecule has 0 aromatic heterocycles. The Kier molecular flexibility index (Phi) is 12.1. The number of halogens is 2. The first-order valence-electron chi connectivity index (χ1n) is 5.62. The van der Waals surface area contributed by atoms with Crippen LogP contribution in [0.3, 0.4) is 0 Å². The molecule has 0 N–H and O–H groups in total. The van der Waals surface area contributed by atoms with Crippen molar-refractivity contribution in [1.29, 1.82) is 0 Å².